The highest BCUT2D eigenvalue weighted by Gasteiger charge is 2.23. The van der Waals surface area contributed by atoms with Gasteiger partial charge in [0.25, 0.3) is 0 Å². The Bertz CT molecular complexity index is 647. The Kier molecular flexibility index (Phi) is 2.89. The van der Waals surface area contributed by atoms with Gasteiger partial charge in [0.2, 0.25) is 0 Å². The smallest absolute Gasteiger partial charge is 0.195 e. The second-order valence-corrected chi connectivity index (χ2v) is 5.25. The first-order chi connectivity index (χ1) is 8.66. The monoisotopic (exact) mass is 276 g/mol. The van der Waals surface area contributed by atoms with Gasteiger partial charge >= 0.3 is 0 Å². The Morgan fingerprint density at radius 1 is 0.944 bits per heavy atom. The highest BCUT2D eigenvalue weighted by Crippen LogP contribution is 2.32. The number of aryl methyl sites for hydroxylation is 2. The summed E-state index contributed by atoms with van der Waals surface area (Å²) in [6.07, 6.45) is 1.63. The van der Waals surface area contributed by atoms with Crippen LogP contribution >= 0.6 is 23.2 Å². The molecule has 0 bridgehead atoms. The maximum absolute atomic E-state index is 12.5. The zero-order valence-corrected chi connectivity index (χ0v) is 11.1. The maximum Gasteiger partial charge on any atom is 0.195 e. The normalized spacial score (nSPS) is 13.8. The van der Waals surface area contributed by atoms with Gasteiger partial charge in [-0.2, -0.15) is 0 Å². The van der Waals surface area contributed by atoms with Gasteiger partial charge in [-0.15, -0.1) is 0 Å². The molecule has 0 aromatic heterocycles. The lowest BCUT2D eigenvalue weighted by Crippen LogP contribution is -2.05. The van der Waals surface area contributed by atoms with Gasteiger partial charge in [0.1, 0.15) is 0 Å². The van der Waals surface area contributed by atoms with E-state index in [2.05, 4.69) is 0 Å². The van der Waals surface area contributed by atoms with Gasteiger partial charge in [0, 0.05) is 16.1 Å². The second-order valence-electron chi connectivity index (χ2n) is 4.41. The molecule has 18 heavy (non-hydrogen) atoms. The highest BCUT2D eigenvalue weighted by molar-refractivity contribution is 6.38. The van der Waals surface area contributed by atoms with Crippen LogP contribution in [0.25, 0.3) is 0 Å². The van der Waals surface area contributed by atoms with Crippen LogP contribution in [-0.4, -0.2) is 5.78 Å². The SMILES string of the molecule is O=C1c2ccccc2CCc2cc(Cl)cc(Cl)c21. The van der Waals surface area contributed by atoms with Crippen LogP contribution in [0.3, 0.4) is 0 Å². The first-order valence-electron chi connectivity index (χ1n) is 5.77. The number of ketones is 1. The molecule has 0 amide bonds. The standard InChI is InChI=1S/C15H10Cl2O/c16-11-7-10-6-5-9-3-1-2-4-12(9)15(18)14(10)13(17)8-11/h1-4,7-8H,5-6H2. The van der Waals surface area contributed by atoms with Crippen LogP contribution in [0.15, 0.2) is 36.4 Å². The Hall–Kier alpha value is -1.31. The van der Waals surface area contributed by atoms with E-state index in [1.54, 1.807) is 6.07 Å². The Morgan fingerprint density at radius 3 is 2.50 bits per heavy atom. The van der Waals surface area contributed by atoms with Crippen molar-refractivity contribution in [1.82, 2.24) is 0 Å². The van der Waals surface area contributed by atoms with Crippen molar-refractivity contribution in [3.8, 4) is 0 Å². The molecule has 0 saturated carbocycles. The molecule has 1 aliphatic carbocycles. The average molecular weight is 277 g/mol. The van der Waals surface area contributed by atoms with Crippen LogP contribution in [0.5, 0.6) is 0 Å². The molecule has 0 spiro atoms. The first kappa shape index (κ1) is 11.8. The van der Waals surface area contributed by atoms with E-state index in [-0.39, 0.29) is 5.78 Å². The lowest BCUT2D eigenvalue weighted by Gasteiger charge is -2.08. The minimum atomic E-state index is -0.000216. The lowest BCUT2D eigenvalue weighted by atomic mass is 9.99. The third-order valence-electron chi connectivity index (χ3n) is 3.29. The molecule has 0 heterocycles. The molecule has 1 aliphatic rings. The molecule has 0 radical (unpaired) electrons. The van der Waals surface area contributed by atoms with E-state index >= 15 is 0 Å². The molecule has 0 saturated heterocycles. The van der Waals surface area contributed by atoms with Crippen LogP contribution in [0.1, 0.15) is 27.0 Å². The van der Waals surface area contributed by atoms with E-state index < -0.39 is 0 Å². The minimum Gasteiger partial charge on any atom is -0.289 e. The number of hydrogen-bond donors (Lipinski definition) is 0. The quantitative estimate of drug-likeness (QED) is 0.700. The van der Waals surface area contributed by atoms with Crippen molar-refractivity contribution in [3.63, 3.8) is 0 Å². The molecule has 0 unspecified atom stereocenters. The molecule has 0 N–H and O–H groups in total. The van der Waals surface area contributed by atoms with E-state index in [9.17, 15) is 4.79 Å². The fraction of sp³-hybridized carbons (Fsp3) is 0.133. The predicted octanol–water partition coefficient (Wildman–Crippen LogP) is 4.32. The summed E-state index contributed by atoms with van der Waals surface area (Å²) in [5, 5.41) is 1.02. The van der Waals surface area contributed by atoms with E-state index in [1.165, 1.54) is 0 Å². The zero-order valence-electron chi connectivity index (χ0n) is 9.54. The first-order valence-corrected chi connectivity index (χ1v) is 6.53. The number of hydrogen-bond acceptors (Lipinski definition) is 1. The third kappa shape index (κ3) is 1.84. The number of benzene rings is 2. The predicted molar refractivity (Wildman–Crippen MR) is 73.7 cm³/mol. The molecule has 0 aliphatic heterocycles. The van der Waals surface area contributed by atoms with Gasteiger partial charge in [0.05, 0.1) is 5.02 Å². The van der Waals surface area contributed by atoms with Gasteiger partial charge in [-0.25, -0.2) is 0 Å². The topological polar surface area (TPSA) is 17.1 Å². The Morgan fingerprint density at radius 2 is 1.67 bits per heavy atom. The summed E-state index contributed by atoms with van der Waals surface area (Å²) < 4.78 is 0. The summed E-state index contributed by atoms with van der Waals surface area (Å²) in [4.78, 5) is 12.5. The van der Waals surface area contributed by atoms with Gasteiger partial charge in [-0.3, -0.25) is 4.79 Å². The maximum atomic E-state index is 12.5. The minimum absolute atomic E-state index is 0.000216. The molecule has 1 nitrogen and oxygen atoms in total. The van der Waals surface area contributed by atoms with Crippen molar-refractivity contribution in [1.29, 1.82) is 0 Å². The van der Waals surface area contributed by atoms with Crippen LogP contribution in [0.2, 0.25) is 10.0 Å². The van der Waals surface area contributed by atoms with Gasteiger partial charge in [0.15, 0.2) is 5.78 Å². The zero-order chi connectivity index (χ0) is 12.7. The Balaban J connectivity index is 2.25. The number of rotatable bonds is 0. The fourth-order valence-electron chi connectivity index (χ4n) is 2.44. The molecule has 3 rings (SSSR count). The molecule has 2 aromatic rings. The van der Waals surface area contributed by atoms with E-state index in [0.29, 0.717) is 15.6 Å². The third-order valence-corrected chi connectivity index (χ3v) is 3.81. The summed E-state index contributed by atoms with van der Waals surface area (Å²) in [6.45, 7) is 0. The van der Waals surface area contributed by atoms with Crippen molar-refractivity contribution in [2.45, 2.75) is 12.8 Å². The van der Waals surface area contributed by atoms with Crippen LogP contribution < -0.4 is 0 Å². The summed E-state index contributed by atoms with van der Waals surface area (Å²) >= 11 is 12.2. The van der Waals surface area contributed by atoms with Crippen LogP contribution in [-0.2, 0) is 12.8 Å². The van der Waals surface area contributed by atoms with E-state index in [1.807, 2.05) is 30.3 Å². The van der Waals surface area contributed by atoms with Gasteiger partial charge < -0.3 is 0 Å². The van der Waals surface area contributed by atoms with Crippen molar-refractivity contribution >= 4 is 29.0 Å². The number of halogens is 2. The van der Waals surface area contributed by atoms with Crippen molar-refractivity contribution in [3.05, 3.63) is 68.7 Å². The fourth-order valence-corrected chi connectivity index (χ4v) is 3.06. The Labute approximate surface area is 115 Å². The number of fused-ring (bicyclic) bond motifs is 2. The molecule has 2 aromatic carbocycles. The van der Waals surface area contributed by atoms with E-state index in [4.69, 9.17) is 23.2 Å². The molecule has 0 fully saturated rings. The highest BCUT2D eigenvalue weighted by atomic mass is 35.5. The largest absolute Gasteiger partial charge is 0.289 e. The van der Waals surface area contributed by atoms with Crippen LogP contribution in [0.4, 0.5) is 0 Å². The van der Waals surface area contributed by atoms with Gasteiger partial charge in [-0.1, -0.05) is 47.5 Å². The number of carbonyl (C=O) groups is 1. The average Bonchev–Trinajstić information content (AvgIpc) is 2.48. The van der Waals surface area contributed by atoms with Gasteiger partial charge in [-0.05, 0) is 36.1 Å². The van der Waals surface area contributed by atoms with Crippen molar-refractivity contribution < 1.29 is 4.79 Å². The summed E-state index contributed by atoms with van der Waals surface area (Å²) in [7, 11) is 0. The van der Waals surface area contributed by atoms with E-state index in [0.717, 1.165) is 29.5 Å². The molecule has 90 valence electrons. The van der Waals surface area contributed by atoms with Crippen molar-refractivity contribution in [2.24, 2.45) is 0 Å². The molecular weight excluding hydrogens is 267 g/mol. The summed E-state index contributed by atoms with van der Waals surface area (Å²) in [6, 6.07) is 11.2. The molecular formula is C15H10Cl2O. The van der Waals surface area contributed by atoms with Crippen molar-refractivity contribution in [2.75, 3.05) is 0 Å². The summed E-state index contributed by atoms with van der Waals surface area (Å²) in [5.41, 5.74) is 3.37. The molecule has 3 heteroatoms. The van der Waals surface area contributed by atoms with Crippen LogP contribution in [0, 0.1) is 0 Å². The molecule has 0 atom stereocenters. The summed E-state index contributed by atoms with van der Waals surface area (Å²) in [5.74, 6) is -0.000216. The lowest BCUT2D eigenvalue weighted by molar-refractivity contribution is 0.103. The second kappa shape index (κ2) is 4.42. The number of carbonyl (C=O) groups excluding carboxylic acids is 1.